The Bertz CT molecular complexity index is 836. The summed E-state index contributed by atoms with van der Waals surface area (Å²) in [5.41, 5.74) is 4.60. The Balaban J connectivity index is 1.44. The fraction of sp³-hybridized carbons (Fsp3) is 0.333. The first-order valence-electron chi connectivity index (χ1n) is 9.26. The fourth-order valence-corrected chi connectivity index (χ4v) is 4.16. The van der Waals surface area contributed by atoms with Crippen LogP contribution in [0.5, 0.6) is 0 Å². The molecular weight excluding hydrogens is 342 g/mol. The highest BCUT2D eigenvalue weighted by atomic mass is 32.1. The first-order valence-corrected chi connectivity index (χ1v) is 9.67. The molecule has 134 valence electrons. The van der Waals surface area contributed by atoms with Gasteiger partial charge in [-0.2, -0.15) is 0 Å². The van der Waals surface area contributed by atoms with Crippen molar-refractivity contribution in [2.75, 3.05) is 16.8 Å². The average Bonchev–Trinajstić information content (AvgIpc) is 3.08. The number of aryl methyl sites for hydroxylation is 1. The van der Waals surface area contributed by atoms with Gasteiger partial charge in [0.05, 0.1) is 6.04 Å². The minimum Gasteiger partial charge on any atom is -0.356 e. The van der Waals surface area contributed by atoms with Crippen molar-refractivity contribution in [2.24, 2.45) is 0 Å². The number of hydrogen-bond acceptors (Lipinski definition) is 2. The molecule has 0 aromatic heterocycles. The van der Waals surface area contributed by atoms with Gasteiger partial charge in [0.25, 0.3) is 0 Å². The van der Waals surface area contributed by atoms with Crippen LogP contribution >= 0.6 is 12.2 Å². The summed E-state index contributed by atoms with van der Waals surface area (Å²) >= 11 is 5.54. The van der Waals surface area contributed by atoms with Crippen LogP contribution in [-0.4, -0.2) is 17.6 Å². The second-order valence-corrected chi connectivity index (χ2v) is 7.35. The van der Waals surface area contributed by atoms with Gasteiger partial charge in [0.1, 0.15) is 0 Å². The summed E-state index contributed by atoms with van der Waals surface area (Å²) in [6, 6.07) is 16.7. The van der Waals surface area contributed by atoms with Crippen LogP contribution in [0.1, 0.15) is 42.9 Å². The number of fused-ring (bicyclic) bond motifs is 1. The molecule has 0 unspecified atom stereocenters. The van der Waals surface area contributed by atoms with E-state index in [2.05, 4.69) is 34.9 Å². The van der Waals surface area contributed by atoms with E-state index in [1.165, 1.54) is 17.5 Å². The molecule has 26 heavy (non-hydrogen) atoms. The molecule has 1 aliphatic carbocycles. The highest BCUT2D eigenvalue weighted by Gasteiger charge is 2.22. The van der Waals surface area contributed by atoms with Crippen molar-refractivity contribution in [1.29, 1.82) is 0 Å². The first-order chi connectivity index (χ1) is 12.7. The Morgan fingerprint density at radius 1 is 1.08 bits per heavy atom. The van der Waals surface area contributed by atoms with E-state index in [1.54, 1.807) is 0 Å². The van der Waals surface area contributed by atoms with E-state index in [0.717, 1.165) is 37.2 Å². The van der Waals surface area contributed by atoms with Crippen molar-refractivity contribution in [1.82, 2.24) is 5.32 Å². The highest BCUT2D eigenvalue weighted by Crippen LogP contribution is 2.29. The van der Waals surface area contributed by atoms with E-state index in [0.29, 0.717) is 11.5 Å². The van der Waals surface area contributed by atoms with E-state index in [4.69, 9.17) is 12.2 Å². The molecule has 4 rings (SSSR count). The molecule has 2 aromatic carbocycles. The molecule has 2 aliphatic rings. The van der Waals surface area contributed by atoms with E-state index in [1.807, 2.05) is 29.2 Å². The molecule has 1 aliphatic heterocycles. The van der Waals surface area contributed by atoms with Crippen LogP contribution in [-0.2, 0) is 11.2 Å². The molecule has 1 amide bonds. The van der Waals surface area contributed by atoms with Crippen molar-refractivity contribution in [3.63, 3.8) is 0 Å². The van der Waals surface area contributed by atoms with Gasteiger partial charge in [-0.25, -0.2) is 0 Å². The second kappa shape index (κ2) is 7.46. The number of hydrogen-bond donors (Lipinski definition) is 2. The lowest BCUT2D eigenvalue weighted by Gasteiger charge is -2.27. The van der Waals surface area contributed by atoms with Crippen molar-refractivity contribution in [3.8, 4) is 0 Å². The monoisotopic (exact) mass is 365 g/mol. The Morgan fingerprint density at radius 3 is 2.81 bits per heavy atom. The predicted molar refractivity (Wildman–Crippen MR) is 110 cm³/mol. The largest absolute Gasteiger partial charge is 0.356 e. The Hall–Kier alpha value is -2.40. The lowest BCUT2D eigenvalue weighted by molar-refractivity contribution is -0.117. The zero-order valence-corrected chi connectivity index (χ0v) is 15.5. The molecule has 1 saturated heterocycles. The number of benzene rings is 2. The molecule has 5 heteroatoms. The summed E-state index contributed by atoms with van der Waals surface area (Å²) in [6.07, 6.45) is 4.96. The number of nitrogens with one attached hydrogen (secondary N) is 2. The van der Waals surface area contributed by atoms with Gasteiger partial charge in [-0.1, -0.05) is 30.3 Å². The summed E-state index contributed by atoms with van der Waals surface area (Å²) in [6.45, 7) is 0.795. The van der Waals surface area contributed by atoms with E-state index >= 15 is 0 Å². The Morgan fingerprint density at radius 2 is 1.96 bits per heavy atom. The van der Waals surface area contributed by atoms with Crippen LogP contribution in [0.15, 0.2) is 48.5 Å². The fourth-order valence-electron chi connectivity index (χ4n) is 3.90. The summed E-state index contributed by atoms with van der Waals surface area (Å²) in [5, 5.41) is 7.36. The zero-order valence-electron chi connectivity index (χ0n) is 14.7. The maximum atomic E-state index is 12.0. The number of anilines is 2. The molecule has 0 spiro atoms. The Labute approximate surface area is 159 Å². The standard InChI is InChI=1S/C21H23N3OS/c25-20-12-5-13-24(20)17-9-4-8-16(14-17)22-21(26)23-19-11-3-7-15-6-1-2-10-18(15)19/h1-2,4,6,8-10,14,19H,3,5,7,11-13H2,(H2,22,23,26)/t19-/m0/s1. The molecule has 1 fully saturated rings. The van der Waals surface area contributed by atoms with Crippen molar-refractivity contribution < 1.29 is 4.79 Å². The topological polar surface area (TPSA) is 44.4 Å². The van der Waals surface area contributed by atoms with Crippen molar-refractivity contribution in [3.05, 3.63) is 59.7 Å². The number of carbonyl (C=O) groups excluding carboxylic acids is 1. The lowest BCUT2D eigenvalue weighted by Crippen LogP contribution is -2.34. The third-order valence-corrected chi connectivity index (χ3v) is 5.38. The van der Waals surface area contributed by atoms with Crippen LogP contribution in [0.25, 0.3) is 0 Å². The van der Waals surface area contributed by atoms with Crippen LogP contribution in [0, 0.1) is 0 Å². The summed E-state index contributed by atoms with van der Waals surface area (Å²) in [4.78, 5) is 13.8. The van der Waals surface area contributed by atoms with Crippen LogP contribution in [0.2, 0.25) is 0 Å². The van der Waals surface area contributed by atoms with Gasteiger partial charge >= 0.3 is 0 Å². The minimum absolute atomic E-state index is 0.196. The lowest BCUT2D eigenvalue weighted by atomic mass is 9.88. The maximum absolute atomic E-state index is 12.0. The predicted octanol–water partition coefficient (Wildman–Crippen LogP) is 4.18. The molecule has 4 nitrogen and oxygen atoms in total. The third-order valence-electron chi connectivity index (χ3n) is 5.16. The molecular formula is C21H23N3OS. The molecule has 1 atom stereocenters. The van der Waals surface area contributed by atoms with Crippen LogP contribution < -0.4 is 15.5 Å². The van der Waals surface area contributed by atoms with Crippen LogP contribution in [0.4, 0.5) is 11.4 Å². The quantitative estimate of drug-likeness (QED) is 0.801. The average molecular weight is 366 g/mol. The Kier molecular flexibility index (Phi) is 4.89. The summed E-state index contributed by atoms with van der Waals surface area (Å²) in [7, 11) is 0. The van der Waals surface area contributed by atoms with Gasteiger partial charge in [-0.05, 0) is 67.2 Å². The van der Waals surface area contributed by atoms with E-state index in [9.17, 15) is 4.79 Å². The number of nitrogens with zero attached hydrogens (tertiary/aromatic N) is 1. The SMILES string of the molecule is O=C1CCCN1c1cccc(NC(=S)N[C@H]2CCCc3ccccc32)c1. The van der Waals surface area contributed by atoms with Crippen LogP contribution in [0.3, 0.4) is 0 Å². The smallest absolute Gasteiger partial charge is 0.227 e. The van der Waals surface area contributed by atoms with Gasteiger partial charge in [-0.3, -0.25) is 4.79 Å². The molecule has 0 saturated carbocycles. The number of rotatable bonds is 3. The molecule has 2 N–H and O–H groups in total. The van der Waals surface area contributed by atoms with Crippen molar-refractivity contribution >= 4 is 34.6 Å². The number of amides is 1. The molecule has 0 radical (unpaired) electrons. The highest BCUT2D eigenvalue weighted by molar-refractivity contribution is 7.80. The third kappa shape index (κ3) is 3.58. The van der Waals surface area contributed by atoms with Gasteiger partial charge < -0.3 is 15.5 Å². The minimum atomic E-state index is 0.196. The zero-order chi connectivity index (χ0) is 17.9. The summed E-state index contributed by atoms with van der Waals surface area (Å²) in [5.74, 6) is 0.196. The van der Waals surface area contributed by atoms with Crippen molar-refractivity contribution in [2.45, 2.75) is 38.1 Å². The molecule has 1 heterocycles. The molecule has 2 aromatic rings. The van der Waals surface area contributed by atoms with Gasteiger partial charge in [-0.15, -0.1) is 0 Å². The molecule has 0 bridgehead atoms. The van der Waals surface area contributed by atoms with Gasteiger partial charge in [0, 0.05) is 24.3 Å². The maximum Gasteiger partial charge on any atom is 0.227 e. The number of thiocarbonyl (C=S) groups is 1. The first kappa shape index (κ1) is 17.0. The normalized spacial score (nSPS) is 19.2. The van der Waals surface area contributed by atoms with Gasteiger partial charge in [0.15, 0.2) is 5.11 Å². The van der Waals surface area contributed by atoms with E-state index < -0.39 is 0 Å². The van der Waals surface area contributed by atoms with Gasteiger partial charge in [0.2, 0.25) is 5.91 Å². The summed E-state index contributed by atoms with van der Waals surface area (Å²) < 4.78 is 0. The number of carbonyl (C=O) groups is 1. The van der Waals surface area contributed by atoms with E-state index in [-0.39, 0.29) is 11.9 Å². The second-order valence-electron chi connectivity index (χ2n) is 6.94.